The number of hydrogen-bond donors (Lipinski definition) is 2. The molecule has 6 nitrogen and oxygen atoms in total. The van der Waals surface area contributed by atoms with Crippen LogP contribution in [0.1, 0.15) is 20.0 Å². The lowest BCUT2D eigenvalue weighted by Gasteiger charge is -2.04. The maximum Gasteiger partial charge on any atom is 0.279 e. The highest BCUT2D eigenvalue weighted by atomic mass is 79.9. The third kappa shape index (κ3) is 3.92. The molecule has 0 spiro atoms. The highest BCUT2D eigenvalue weighted by molar-refractivity contribution is 9.11. The van der Waals surface area contributed by atoms with E-state index in [1.54, 1.807) is 23.0 Å². The zero-order chi connectivity index (χ0) is 17.1. The van der Waals surface area contributed by atoms with Crippen molar-refractivity contribution in [1.82, 2.24) is 20.6 Å². The minimum Gasteiger partial charge on any atom is -0.267 e. The molecule has 2 heterocycles. The van der Waals surface area contributed by atoms with E-state index in [2.05, 4.69) is 47.8 Å². The molecule has 9 heteroatoms. The SMILES string of the molecule is O=C(NNC(=O)c1ccc(Br)s1)c1cnn(-c2ccc(Br)cc2)c1. The molecule has 0 bridgehead atoms. The number of carbonyl (C=O) groups is 2. The first-order chi connectivity index (χ1) is 11.5. The summed E-state index contributed by atoms with van der Waals surface area (Å²) in [5.74, 6) is -0.818. The molecule has 0 saturated heterocycles. The summed E-state index contributed by atoms with van der Waals surface area (Å²) in [5, 5.41) is 4.15. The van der Waals surface area contributed by atoms with Crippen molar-refractivity contribution in [2.24, 2.45) is 0 Å². The van der Waals surface area contributed by atoms with Gasteiger partial charge in [-0.05, 0) is 52.3 Å². The van der Waals surface area contributed by atoms with Crippen molar-refractivity contribution in [3.8, 4) is 5.69 Å². The van der Waals surface area contributed by atoms with Gasteiger partial charge in [-0.25, -0.2) is 4.68 Å². The molecule has 0 fully saturated rings. The van der Waals surface area contributed by atoms with Gasteiger partial charge in [-0.1, -0.05) is 15.9 Å². The quantitative estimate of drug-likeness (QED) is 0.576. The Hall–Kier alpha value is -1.97. The van der Waals surface area contributed by atoms with E-state index in [4.69, 9.17) is 0 Å². The van der Waals surface area contributed by atoms with Gasteiger partial charge in [-0.3, -0.25) is 20.4 Å². The second-order valence-electron chi connectivity index (χ2n) is 4.66. The van der Waals surface area contributed by atoms with Crippen molar-refractivity contribution >= 4 is 55.0 Å². The molecule has 1 aromatic carbocycles. The van der Waals surface area contributed by atoms with Gasteiger partial charge in [0.05, 0.1) is 26.1 Å². The van der Waals surface area contributed by atoms with Gasteiger partial charge in [0.1, 0.15) is 0 Å². The first-order valence-corrected chi connectivity index (χ1v) is 9.10. The van der Waals surface area contributed by atoms with Crippen LogP contribution in [0, 0.1) is 0 Å². The number of nitrogens with zero attached hydrogens (tertiary/aromatic N) is 2. The van der Waals surface area contributed by atoms with E-state index in [1.807, 2.05) is 24.3 Å². The van der Waals surface area contributed by atoms with Crippen LogP contribution < -0.4 is 10.9 Å². The minimum atomic E-state index is -0.442. The fourth-order valence-corrected chi connectivity index (χ4v) is 3.40. The highest BCUT2D eigenvalue weighted by Crippen LogP contribution is 2.21. The molecule has 3 rings (SSSR count). The average molecular weight is 470 g/mol. The first-order valence-electron chi connectivity index (χ1n) is 6.69. The zero-order valence-corrected chi connectivity index (χ0v) is 16.0. The van der Waals surface area contributed by atoms with E-state index >= 15 is 0 Å². The lowest BCUT2D eigenvalue weighted by Crippen LogP contribution is -2.41. The topological polar surface area (TPSA) is 76.0 Å². The minimum absolute atomic E-state index is 0.338. The molecule has 2 aromatic heterocycles. The number of nitrogens with one attached hydrogen (secondary N) is 2. The van der Waals surface area contributed by atoms with Crippen LogP contribution in [0.4, 0.5) is 0 Å². The summed E-state index contributed by atoms with van der Waals surface area (Å²) in [7, 11) is 0. The van der Waals surface area contributed by atoms with Gasteiger partial charge < -0.3 is 0 Å². The summed E-state index contributed by atoms with van der Waals surface area (Å²) in [5.41, 5.74) is 5.91. The molecule has 0 unspecified atom stereocenters. The second-order valence-corrected chi connectivity index (χ2v) is 8.04. The summed E-state index contributed by atoms with van der Waals surface area (Å²) in [6.07, 6.45) is 3.03. The highest BCUT2D eigenvalue weighted by Gasteiger charge is 2.12. The van der Waals surface area contributed by atoms with Crippen molar-refractivity contribution in [3.05, 3.63) is 67.5 Å². The van der Waals surface area contributed by atoms with Gasteiger partial charge in [0.2, 0.25) is 0 Å². The number of halogens is 2. The zero-order valence-electron chi connectivity index (χ0n) is 12.0. The molecule has 0 radical (unpaired) electrons. The molecule has 2 amide bonds. The van der Waals surface area contributed by atoms with Crippen molar-refractivity contribution < 1.29 is 9.59 Å². The number of thiophene rings is 1. The maximum absolute atomic E-state index is 12.1. The van der Waals surface area contributed by atoms with Crippen molar-refractivity contribution in [2.45, 2.75) is 0 Å². The largest absolute Gasteiger partial charge is 0.279 e. The van der Waals surface area contributed by atoms with Crippen LogP contribution in [0.2, 0.25) is 0 Å². The van der Waals surface area contributed by atoms with Crippen LogP contribution in [-0.4, -0.2) is 21.6 Å². The average Bonchev–Trinajstić information content (AvgIpc) is 3.22. The van der Waals surface area contributed by atoms with Gasteiger partial charge in [0.25, 0.3) is 11.8 Å². The molecular formula is C15H10Br2N4O2S. The Bertz CT molecular complexity index is 889. The van der Waals surface area contributed by atoms with Crippen LogP contribution in [0.5, 0.6) is 0 Å². The second kappa shape index (κ2) is 7.29. The Morgan fingerprint density at radius 2 is 1.71 bits per heavy atom. The molecule has 0 saturated carbocycles. The standard InChI is InChI=1S/C15H10Br2N4O2S/c16-10-1-3-11(4-2-10)21-8-9(7-18-21)14(22)19-20-15(23)12-5-6-13(17)24-12/h1-8H,(H,19,22)(H,20,23). The molecule has 0 atom stereocenters. The fraction of sp³-hybridized carbons (Fsp3) is 0. The maximum atomic E-state index is 12.1. The number of hydrazine groups is 1. The molecule has 2 N–H and O–H groups in total. The number of rotatable bonds is 3. The van der Waals surface area contributed by atoms with Crippen molar-refractivity contribution in [1.29, 1.82) is 0 Å². The third-order valence-electron chi connectivity index (χ3n) is 3.02. The summed E-state index contributed by atoms with van der Waals surface area (Å²) < 4.78 is 3.38. The van der Waals surface area contributed by atoms with E-state index in [9.17, 15) is 9.59 Å². The smallest absolute Gasteiger partial charge is 0.267 e. The summed E-state index contributed by atoms with van der Waals surface area (Å²) in [6, 6.07) is 10.9. The number of aromatic nitrogens is 2. The van der Waals surface area contributed by atoms with E-state index in [1.165, 1.54) is 17.5 Å². The predicted molar refractivity (Wildman–Crippen MR) is 98.2 cm³/mol. The molecule has 3 aromatic rings. The molecule has 0 aliphatic heterocycles. The molecular weight excluding hydrogens is 460 g/mol. The van der Waals surface area contributed by atoms with Crippen LogP contribution in [-0.2, 0) is 0 Å². The van der Waals surface area contributed by atoms with Gasteiger partial charge in [0.15, 0.2) is 0 Å². The Balaban J connectivity index is 1.63. The Labute approximate surface area is 158 Å². The number of benzene rings is 1. The van der Waals surface area contributed by atoms with Crippen molar-refractivity contribution in [3.63, 3.8) is 0 Å². The van der Waals surface area contributed by atoms with Crippen LogP contribution >= 0.6 is 43.2 Å². The lowest BCUT2D eigenvalue weighted by molar-refractivity contribution is 0.0849. The van der Waals surface area contributed by atoms with E-state index < -0.39 is 5.91 Å². The number of hydrogen-bond acceptors (Lipinski definition) is 4. The van der Waals surface area contributed by atoms with E-state index in [0.29, 0.717) is 10.4 Å². The van der Waals surface area contributed by atoms with Gasteiger partial charge >= 0.3 is 0 Å². The van der Waals surface area contributed by atoms with Crippen LogP contribution in [0.3, 0.4) is 0 Å². The molecule has 24 heavy (non-hydrogen) atoms. The van der Waals surface area contributed by atoms with Crippen LogP contribution in [0.15, 0.2) is 57.1 Å². The summed E-state index contributed by atoms with van der Waals surface area (Å²) in [4.78, 5) is 24.5. The Kier molecular flexibility index (Phi) is 5.12. The fourth-order valence-electron chi connectivity index (χ4n) is 1.86. The molecule has 122 valence electrons. The lowest BCUT2D eigenvalue weighted by atomic mass is 10.3. The van der Waals surface area contributed by atoms with Gasteiger partial charge in [-0.15, -0.1) is 11.3 Å². The number of carbonyl (C=O) groups excluding carboxylic acids is 2. The molecule has 0 aliphatic carbocycles. The number of amides is 2. The predicted octanol–water partition coefficient (Wildman–Crippen LogP) is 3.53. The Morgan fingerprint density at radius 1 is 1.00 bits per heavy atom. The van der Waals surface area contributed by atoms with Gasteiger partial charge in [0, 0.05) is 10.7 Å². The molecule has 0 aliphatic rings. The summed E-state index contributed by atoms with van der Waals surface area (Å²) in [6.45, 7) is 0. The third-order valence-corrected chi connectivity index (χ3v) is 5.17. The van der Waals surface area contributed by atoms with E-state index in [0.717, 1.165) is 13.9 Å². The first kappa shape index (κ1) is 16.9. The van der Waals surface area contributed by atoms with Crippen molar-refractivity contribution in [2.75, 3.05) is 0 Å². The van der Waals surface area contributed by atoms with E-state index in [-0.39, 0.29) is 5.91 Å². The van der Waals surface area contributed by atoms with Gasteiger partial charge in [-0.2, -0.15) is 5.10 Å². The normalized spacial score (nSPS) is 10.4. The monoisotopic (exact) mass is 468 g/mol. The Morgan fingerprint density at radius 3 is 2.38 bits per heavy atom. The van der Waals surface area contributed by atoms with Crippen LogP contribution in [0.25, 0.3) is 5.69 Å². The summed E-state index contributed by atoms with van der Waals surface area (Å²) >= 11 is 7.93.